The molecule has 0 aliphatic heterocycles. The number of rotatable bonds is 4. The molecule has 0 fully saturated rings. The van der Waals surface area contributed by atoms with Crippen LogP contribution in [0.25, 0.3) is 11.6 Å². The summed E-state index contributed by atoms with van der Waals surface area (Å²) in [4.78, 5) is 11.3. The van der Waals surface area contributed by atoms with Gasteiger partial charge in [0.05, 0.1) is 18.8 Å². The van der Waals surface area contributed by atoms with E-state index in [-0.39, 0.29) is 5.91 Å². The zero-order valence-electron chi connectivity index (χ0n) is 12.5. The largest absolute Gasteiger partial charge is 0.497 e. The minimum Gasteiger partial charge on any atom is -0.497 e. The Morgan fingerprint density at radius 1 is 1.18 bits per heavy atom. The number of nitrogens with one attached hydrogen (secondary N) is 1. The average molecular weight is 292 g/mol. The number of ether oxygens (including phenoxy) is 1. The number of amides is 1. The molecule has 0 unspecified atom stereocenters. The smallest absolute Gasteiger partial charge is 0.221 e. The number of benzene rings is 2. The van der Waals surface area contributed by atoms with E-state index in [1.54, 1.807) is 19.3 Å². The van der Waals surface area contributed by atoms with Crippen molar-refractivity contribution in [3.05, 3.63) is 59.7 Å². The van der Waals surface area contributed by atoms with Crippen molar-refractivity contribution in [1.82, 2.24) is 0 Å². The lowest BCUT2D eigenvalue weighted by Crippen LogP contribution is -2.07. The number of hydrogen-bond acceptors (Lipinski definition) is 3. The minimum absolute atomic E-state index is 0.172. The van der Waals surface area contributed by atoms with Crippen LogP contribution in [-0.4, -0.2) is 13.0 Å². The van der Waals surface area contributed by atoms with Crippen molar-refractivity contribution in [1.29, 1.82) is 5.26 Å². The second kappa shape index (κ2) is 7.09. The Labute approximate surface area is 129 Å². The first-order chi connectivity index (χ1) is 10.6. The highest BCUT2D eigenvalue weighted by molar-refractivity contribution is 5.98. The van der Waals surface area contributed by atoms with Crippen LogP contribution in [-0.2, 0) is 4.79 Å². The van der Waals surface area contributed by atoms with E-state index in [1.165, 1.54) is 6.92 Å². The number of methoxy groups -OCH3 is 1. The van der Waals surface area contributed by atoms with E-state index < -0.39 is 0 Å². The van der Waals surface area contributed by atoms with Crippen molar-refractivity contribution < 1.29 is 9.53 Å². The van der Waals surface area contributed by atoms with E-state index in [0.29, 0.717) is 16.8 Å². The van der Waals surface area contributed by atoms with Gasteiger partial charge in [-0.05, 0) is 29.8 Å². The molecule has 0 bridgehead atoms. The SMILES string of the molecule is COc1ccc(C=C(C#N)c2ccccc2NC(C)=O)cc1. The van der Waals surface area contributed by atoms with Crippen LogP contribution in [0.15, 0.2) is 48.5 Å². The maximum Gasteiger partial charge on any atom is 0.221 e. The predicted octanol–water partition coefficient (Wildman–Crippen LogP) is 3.72. The van der Waals surface area contributed by atoms with Crippen molar-refractivity contribution in [2.75, 3.05) is 12.4 Å². The van der Waals surface area contributed by atoms with Gasteiger partial charge in [-0.1, -0.05) is 30.3 Å². The lowest BCUT2D eigenvalue weighted by Gasteiger charge is -2.09. The third-order valence-corrected chi connectivity index (χ3v) is 3.08. The number of hydrogen-bond donors (Lipinski definition) is 1. The van der Waals surface area contributed by atoms with Crippen LogP contribution < -0.4 is 10.1 Å². The fraction of sp³-hybridized carbons (Fsp3) is 0.111. The van der Waals surface area contributed by atoms with E-state index >= 15 is 0 Å². The van der Waals surface area contributed by atoms with Gasteiger partial charge in [0.25, 0.3) is 0 Å². The lowest BCUT2D eigenvalue weighted by atomic mass is 10.0. The van der Waals surface area contributed by atoms with E-state index in [0.717, 1.165) is 11.3 Å². The molecule has 2 rings (SSSR count). The number of para-hydroxylation sites is 1. The Morgan fingerprint density at radius 2 is 1.86 bits per heavy atom. The van der Waals surface area contributed by atoms with E-state index in [9.17, 15) is 10.1 Å². The summed E-state index contributed by atoms with van der Waals surface area (Å²) in [5.74, 6) is 0.587. The first-order valence-corrected chi connectivity index (χ1v) is 6.77. The predicted molar refractivity (Wildman–Crippen MR) is 87.2 cm³/mol. The summed E-state index contributed by atoms with van der Waals surface area (Å²) in [5.41, 5.74) is 2.68. The summed E-state index contributed by atoms with van der Waals surface area (Å²) in [6, 6.07) is 16.8. The Morgan fingerprint density at radius 3 is 2.45 bits per heavy atom. The molecule has 1 amide bonds. The molecule has 4 heteroatoms. The zero-order valence-corrected chi connectivity index (χ0v) is 12.5. The summed E-state index contributed by atoms with van der Waals surface area (Å²) >= 11 is 0. The van der Waals surface area contributed by atoms with Crippen LogP contribution >= 0.6 is 0 Å². The first kappa shape index (κ1) is 15.3. The number of nitrogens with zero attached hydrogens (tertiary/aromatic N) is 1. The highest BCUT2D eigenvalue weighted by Gasteiger charge is 2.08. The molecule has 1 N–H and O–H groups in total. The molecule has 0 aliphatic carbocycles. The molecule has 110 valence electrons. The zero-order chi connectivity index (χ0) is 15.9. The van der Waals surface area contributed by atoms with Gasteiger partial charge < -0.3 is 10.1 Å². The van der Waals surface area contributed by atoms with Crippen molar-refractivity contribution in [2.45, 2.75) is 6.92 Å². The van der Waals surface area contributed by atoms with Crippen LogP contribution in [0.3, 0.4) is 0 Å². The second-order valence-electron chi connectivity index (χ2n) is 4.67. The Kier molecular flexibility index (Phi) is 4.94. The van der Waals surface area contributed by atoms with Crippen molar-refractivity contribution >= 4 is 23.2 Å². The summed E-state index contributed by atoms with van der Waals surface area (Å²) in [5, 5.41) is 12.2. The van der Waals surface area contributed by atoms with Crippen LogP contribution in [0.2, 0.25) is 0 Å². The molecular formula is C18H16N2O2. The number of allylic oxidation sites excluding steroid dienone is 1. The van der Waals surface area contributed by atoms with E-state index in [1.807, 2.05) is 42.5 Å². The van der Waals surface area contributed by atoms with Crippen molar-refractivity contribution in [3.63, 3.8) is 0 Å². The van der Waals surface area contributed by atoms with Crippen LogP contribution in [0, 0.1) is 11.3 Å². The van der Waals surface area contributed by atoms with Crippen LogP contribution in [0.5, 0.6) is 5.75 Å². The molecule has 0 atom stereocenters. The topological polar surface area (TPSA) is 62.1 Å². The Balaban J connectivity index is 2.41. The molecule has 0 radical (unpaired) electrons. The van der Waals surface area contributed by atoms with Crippen LogP contribution in [0.4, 0.5) is 5.69 Å². The highest BCUT2D eigenvalue weighted by atomic mass is 16.5. The molecule has 0 heterocycles. The molecular weight excluding hydrogens is 276 g/mol. The minimum atomic E-state index is -0.172. The quantitative estimate of drug-likeness (QED) is 0.690. The molecule has 2 aromatic rings. The standard InChI is InChI=1S/C18H16N2O2/c1-13(21)20-18-6-4-3-5-17(18)15(12-19)11-14-7-9-16(22-2)10-8-14/h3-11H,1-2H3,(H,20,21). The lowest BCUT2D eigenvalue weighted by molar-refractivity contribution is -0.114. The summed E-state index contributed by atoms with van der Waals surface area (Å²) < 4.78 is 5.11. The van der Waals surface area contributed by atoms with Crippen LogP contribution in [0.1, 0.15) is 18.1 Å². The number of carbonyl (C=O) groups excluding carboxylic acids is 1. The third-order valence-electron chi connectivity index (χ3n) is 3.08. The highest BCUT2D eigenvalue weighted by Crippen LogP contribution is 2.26. The molecule has 0 saturated carbocycles. The summed E-state index contributed by atoms with van der Waals surface area (Å²) in [7, 11) is 1.61. The fourth-order valence-electron chi connectivity index (χ4n) is 2.05. The van der Waals surface area contributed by atoms with Crippen molar-refractivity contribution in [2.24, 2.45) is 0 Å². The van der Waals surface area contributed by atoms with E-state index in [2.05, 4.69) is 11.4 Å². The molecule has 0 spiro atoms. The van der Waals surface area contributed by atoms with Gasteiger partial charge >= 0.3 is 0 Å². The maximum absolute atomic E-state index is 11.3. The van der Waals surface area contributed by atoms with Gasteiger partial charge in [0, 0.05) is 18.2 Å². The van der Waals surface area contributed by atoms with Gasteiger partial charge in [-0.15, -0.1) is 0 Å². The second-order valence-corrected chi connectivity index (χ2v) is 4.67. The average Bonchev–Trinajstić information content (AvgIpc) is 2.53. The van der Waals surface area contributed by atoms with Gasteiger partial charge in [0.15, 0.2) is 0 Å². The fourth-order valence-corrected chi connectivity index (χ4v) is 2.05. The van der Waals surface area contributed by atoms with Gasteiger partial charge in [-0.2, -0.15) is 5.26 Å². The number of carbonyl (C=O) groups is 1. The monoisotopic (exact) mass is 292 g/mol. The number of anilines is 1. The van der Waals surface area contributed by atoms with Crippen molar-refractivity contribution in [3.8, 4) is 11.8 Å². The molecule has 0 saturated heterocycles. The maximum atomic E-state index is 11.3. The first-order valence-electron chi connectivity index (χ1n) is 6.77. The van der Waals surface area contributed by atoms with Gasteiger partial charge in [0.2, 0.25) is 5.91 Å². The normalized spacial score (nSPS) is 10.7. The Hall–Kier alpha value is -3.06. The molecule has 0 aromatic heterocycles. The summed E-state index contributed by atoms with van der Waals surface area (Å²) in [6.45, 7) is 1.44. The van der Waals surface area contributed by atoms with E-state index in [4.69, 9.17) is 4.74 Å². The molecule has 2 aromatic carbocycles. The molecule has 0 aliphatic rings. The Bertz CT molecular complexity index is 740. The number of nitriles is 1. The van der Waals surface area contributed by atoms with Gasteiger partial charge in [-0.3, -0.25) is 4.79 Å². The summed E-state index contributed by atoms with van der Waals surface area (Å²) in [6.07, 6.45) is 1.78. The third kappa shape index (κ3) is 3.74. The molecule has 22 heavy (non-hydrogen) atoms. The molecule has 4 nitrogen and oxygen atoms in total. The van der Waals surface area contributed by atoms with Gasteiger partial charge in [-0.25, -0.2) is 0 Å². The van der Waals surface area contributed by atoms with Gasteiger partial charge in [0.1, 0.15) is 5.75 Å².